The first-order valence-corrected chi connectivity index (χ1v) is 15.1. The van der Waals surface area contributed by atoms with Gasteiger partial charge in [0.2, 0.25) is 0 Å². The largest absolute Gasteiger partial charge is 0.456 e. The fourth-order valence-electron chi connectivity index (χ4n) is 6.64. The summed E-state index contributed by atoms with van der Waals surface area (Å²) in [6.45, 7) is 0. The Morgan fingerprint density at radius 1 is 0.381 bits per heavy atom. The predicted molar refractivity (Wildman–Crippen MR) is 180 cm³/mol. The second kappa shape index (κ2) is 9.17. The van der Waals surface area contributed by atoms with Crippen LogP contribution in [0.25, 0.3) is 86.3 Å². The van der Waals surface area contributed by atoms with E-state index in [9.17, 15) is 0 Å². The molecule has 0 saturated carbocycles. The van der Waals surface area contributed by atoms with Gasteiger partial charge < -0.3 is 4.42 Å². The fraction of sp³-hybridized carbons (Fsp3) is 0. The third-order valence-electron chi connectivity index (χ3n) is 8.47. The number of thiophene rings is 1. The third kappa shape index (κ3) is 3.49. The Balaban J connectivity index is 1.35. The topological polar surface area (TPSA) is 13.1 Å². The van der Waals surface area contributed by atoms with E-state index in [1.165, 1.54) is 69.7 Å². The van der Waals surface area contributed by atoms with Crippen LogP contribution in [0.5, 0.6) is 0 Å². The average molecular weight is 553 g/mol. The number of hydrogen-bond acceptors (Lipinski definition) is 2. The van der Waals surface area contributed by atoms with Gasteiger partial charge in [-0.15, -0.1) is 11.3 Å². The summed E-state index contributed by atoms with van der Waals surface area (Å²) in [4.78, 5) is 1.28. The molecule has 2 heterocycles. The van der Waals surface area contributed by atoms with E-state index in [2.05, 4.69) is 146 Å². The van der Waals surface area contributed by atoms with Crippen molar-refractivity contribution in [3.8, 4) is 32.7 Å². The lowest BCUT2D eigenvalue weighted by molar-refractivity contribution is 0.669. The summed E-state index contributed by atoms with van der Waals surface area (Å²) in [6, 6.07) is 52.4. The number of rotatable bonds is 3. The van der Waals surface area contributed by atoms with Crippen LogP contribution in [-0.4, -0.2) is 0 Å². The van der Waals surface area contributed by atoms with Gasteiger partial charge in [-0.05, 0) is 79.7 Å². The van der Waals surface area contributed by atoms with Gasteiger partial charge in [0.05, 0.1) is 0 Å². The lowest BCUT2D eigenvalue weighted by Gasteiger charge is -2.17. The maximum absolute atomic E-state index is 6.42. The minimum absolute atomic E-state index is 0.920. The lowest BCUT2D eigenvalue weighted by Crippen LogP contribution is -1.90. The van der Waals surface area contributed by atoms with Gasteiger partial charge in [0, 0.05) is 25.7 Å². The lowest BCUT2D eigenvalue weighted by atomic mass is 9.86. The zero-order valence-electron chi connectivity index (χ0n) is 22.7. The molecule has 2 heteroatoms. The van der Waals surface area contributed by atoms with Crippen LogP contribution in [0.15, 0.2) is 150 Å². The Morgan fingerprint density at radius 2 is 0.929 bits per heavy atom. The molecule has 0 aliphatic carbocycles. The van der Waals surface area contributed by atoms with Gasteiger partial charge in [-0.3, -0.25) is 0 Å². The SMILES string of the molecule is c1ccc(-c2cc3c(ccc4oc5ccc(-c6c7ccccc7c(-c7ccccc7)c7ccccc67)cc5c43)s2)cc1. The number of furan rings is 1. The summed E-state index contributed by atoms with van der Waals surface area (Å²) in [5, 5.41) is 8.65. The zero-order valence-corrected chi connectivity index (χ0v) is 23.5. The summed E-state index contributed by atoms with van der Waals surface area (Å²) in [6.07, 6.45) is 0. The summed E-state index contributed by atoms with van der Waals surface area (Å²) in [5.74, 6) is 0. The number of hydrogen-bond donors (Lipinski definition) is 0. The highest BCUT2D eigenvalue weighted by atomic mass is 32.1. The molecule has 1 nitrogen and oxygen atoms in total. The van der Waals surface area contributed by atoms with E-state index >= 15 is 0 Å². The molecule has 196 valence electrons. The van der Waals surface area contributed by atoms with Crippen LogP contribution in [0.1, 0.15) is 0 Å². The van der Waals surface area contributed by atoms with Crippen LogP contribution >= 0.6 is 11.3 Å². The van der Waals surface area contributed by atoms with Crippen LogP contribution in [0.3, 0.4) is 0 Å². The minimum Gasteiger partial charge on any atom is -0.456 e. The van der Waals surface area contributed by atoms with Crippen LogP contribution in [-0.2, 0) is 0 Å². The molecule has 0 aliphatic rings. The fourth-order valence-corrected chi connectivity index (χ4v) is 7.72. The van der Waals surface area contributed by atoms with E-state index in [0.29, 0.717) is 0 Å². The first kappa shape index (κ1) is 23.5. The number of fused-ring (bicyclic) bond motifs is 7. The van der Waals surface area contributed by atoms with Gasteiger partial charge in [0.1, 0.15) is 11.2 Å². The maximum atomic E-state index is 6.42. The molecule has 7 aromatic carbocycles. The maximum Gasteiger partial charge on any atom is 0.136 e. The van der Waals surface area contributed by atoms with Crippen molar-refractivity contribution >= 4 is 64.9 Å². The van der Waals surface area contributed by atoms with Gasteiger partial charge >= 0.3 is 0 Å². The molecular weight excluding hydrogens is 529 g/mol. The highest BCUT2D eigenvalue weighted by Crippen LogP contribution is 2.46. The van der Waals surface area contributed by atoms with Crippen molar-refractivity contribution < 1.29 is 4.42 Å². The third-order valence-corrected chi connectivity index (χ3v) is 9.62. The van der Waals surface area contributed by atoms with E-state index in [0.717, 1.165) is 16.6 Å². The Hall–Kier alpha value is -5.18. The van der Waals surface area contributed by atoms with Crippen molar-refractivity contribution in [3.05, 3.63) is 146 Å². The van der Waals surface area contributed by atoms with Crippen molar-refractivity contribution in [1.82, 2.24) is 0 Å². The quantitative estimate of drug-likeness (QED) is 0.199. The molecular formula is C40H24OS. The predicted octanol–water partition coefficient (Wildman–Crippen LogP) is 12.1. The summed E-state index contributed by atoms with van der Waals surface area (Å²) in [7, 11) is 0. The van der Waals surface area contributed by atoms with E-state index in [1.54, 1.807) is 0 Å². The van der Waals surface area contributed by atoms with Gasteiger partial charge in [-0.25, -0.2) is 0 Å². The van der Waals surface area contributed by atoms with Crippen LogP contribution in [0.2, 0.25) is 0 Å². The van der Waals surface area contributed by atoms with Crippen molar-refractivity contribution in [2.75, 3.05) is 0 Å². The van der Waals surface area contributed by atoms with E-state index < -0.39 is 0 Å². The van der Waals surface area contributed by atoms with Crippen molar-refractivity contribution in [2.45, 2.75) is 0 Å². The molecule has 0 amide bonds. The van der Waals surface area contributed by atoms with E-state index in [1.807, 2.05) is 11.3 Å². The Morgan fingerprint density at radius 3 is 1.57 bits per heavy atom. The summed E-state index contributed by atoms with van der Waals surface area (Å²) < 4.78 is 7.70. The number of benzene rings is 7. The van der Waals surface area contributed by atoms with Gasteiger partial charge in [0.15, 0.2) is 0 Å². The Labute approximate surface area is 246 Å². The molecule has 0 bridgehead atoms. The van der Waals surface area contributed by atoms with Crippen LogP contribution in [0.4, 0.5) is 0 Å². The average Bonchev–Trinajstić information content (AvgIpc) is 3.65. The highest BCUT2D eigenvalue weighted by molar-refractivity contribution is 7.22. The second-order valence-electron chi connectivity index (χ2n) is 10.8. The molecule has 0 N–H and O–H groups in total. The van der Waals surface area contributed by atoms with E-state index in [-0.39, 0.29) is 0 Å². The Bertz CT molecular complexity index is 2390. The van der Waals surface area contributed by atoms with Gasteiger partial charge in [0.25, 0.3) is 0 Å². The smallest absolute Gasteiger partial charge is 0.136 e. The van der Waals surface area contributed by atoms with E-state index in [4.69, 9.17) is 4.42 Å². The second-order valence-corrected chi connectivity index (χ2v) is 11.9. The molecule has 2 aromatic heterocycles. The Kier molecular flexibility index (Phi) is 5.13. The molecule has 0 spiro atoms. The molecule has 42 heavy (non-hydrogen) atoms. The normalized spacial score (nSPS) is 11.8. The van der Waals surface area contributed by atoms with Crippen LogP contribution < -0.4 is 0 Å². The van der Waals surface area contributed by atoms with Gasteiger partial charge in [-0.2, -0.15) is 0 Å². The molecule has 9 rings (SSSR count). The standard InChI is InChI=1S/C40H24OS/c1-3-11-25(12-4-1)37-24-33-36(42-37)22-21-35-40(33)32-23-27(19-20-34(32)41-35)39-30-17-9-7-15-28(30)38(26-13-5-2-6-14-26)29-16-8-10-18-31(29)39/h1-24H. The van der Waals surface area contributed by atoms with Gasteiger partial charge in [-0.1, -0.05) is 115 Å². The summed E-state index contributed by atoms with van der Waals surface area (Å²) in [5.41, 5.74) is 8.09. The van der Waals surface area contributed by atoms with Crippen LogP contribution in [0, 0.1) is 0 Å². The molecule has 0 atom stereocenters. The monoisotopic (exact) mass is 552 g/mol. The molecule has 0 saturated heterocycles. The molecule has 0 radical (unpaired) electrons. The molecule has 9 aromatic rings. The van der Waals surface area contributed by atoms with Crippen molar-refractivity contribution in [2.24, 2.45) is 0 Å². The zero-order chi connectivity index (χ0) is 27.6. The van der Waals surface area contributed by atoms with Crippen molar-refractivity contribution in [3.63, 3.8) is 0 Å². The first-order valence-electron chi connectivity index (χ1n) is 14.3. The first-order chi connectivity index (χ1) is 20.8. The highest BCUT2D eigenvalue weighted by Gasteiger charge is 2.19. The molecule has 0 fully saturated rings. The minimum atomic E-state index is 0.920. The summed E-state index contributed by atoms with van der Waals surface area (Å²) >= 11 is 1.84. The van der Waals surface area contributed by atoms with Crippen molar-refractivity contribution in [1.29, 1.82) is 0 Å². The molecule has 0 aliphatic heterocycles. The molecule has 0 unspecified atom stereocenters.